The Morgan fingerprint density at radius 1 is 1.05 bits per heavy atom. The van der Waals surface area contributed by atoms with Crippen molar-refractivity contribution >= 4 is 12.1 Å². The van der Waals surface area contributed by atoms with Crippen LogP contribution in [0.15, 0.2) is 60.8 Å². The fraction of sp³-hybridized carbons (Fsp3) is 0.118. The summed E-state index contributed by atoms with van der Waals surface area (Å²) in [4.78, 5) is 11.5. The minimum atomic E-state index is -0.307. The zero-order valence-corrected chi connectivity index (χ0v) is 11.6. The third-order valence-electron chi connectivity index (χ3n) is 2.93. The first kappa shape index (κ1) is 14.8. The molecule has 0 aromatic heterocycles. The zero-order chi connectivity index (χ0) is 14.9. The van der Waals surface area contributed by atoms with E-state index in [1.54, 1.807) is 30.5 Å². The third-order valence-corrected chi connectivity index (χ3v) is 2.93. The Bertz CT molecular complexity index is 611. The lowest BCUT2D eigenvalue weighted by Crippen LogP contribution is -2.33. The SMILES string of the molecule is O=C(N/C=C/c1ccccc1)NCCc1ccccc1F. The molecule has 0 spiro atoms. The van der Waals surface area contributed by atoms with Crippen molar-refractivity contribution in [3.8, 4) is 0 Å². The summed E-state index contributed by atoms with van der Waals surface area (Å²) in [5, 5.41) is 5.28. The van der Waals surface area contributed by atoms with E-state index in [1.807, 2.05) is 30.3 Å². The number of nitrogens with one attached hydrogen (secondary N) is 2. The average Bonchev–Trinajstić information content (AvgIpc) is 2.50. The van der Waals surface area contributed by atoms with Gasteiger partial charge in [-0.2, -0.15) is 0 Å². The van der Waals surface area contributed by atoms with Crippen molar-refractivity contribution in [2.45, 2.75) is 6.42 Å². The number of benzene rings is 2. The van der Waals surface area contributed by atoms with Crippen LogP contribution in [0.5, 0.6) is 0 Å². The van der Waals surface area contributed by atoms with Gasteiger partial charge in [0.15, 0.2) is 0 Å². The molecule has 0 heterocycles. The lowest BCUT2D eigenvalue weighted by atomic mass is 10.1. The lowest BCUT2D eigenvalue weighted by molar-refractivity contribution is 0.244. The smallest absolute Gasteiger partial charge is 0.318 e. The molecule has 0 aliphatic carbocycles. The van der Waals surface area contributed by atoms with Crippen LogP contribution in [-0.2, 0) is 6.42 Å². The van der Waals surface area contributed by atoms with Gasteiger partial charge in [-0.3, -0.25) is 0 Å². The Morgan fingerprint density at radius 3 is 2.52 bits per heavy atom. The highest BCUT2D eigenvalue weighted by Crippen LogP contribution is 2.06. The number of hydrogen-bond acceptors (Lipinski definition) is 1. The molecule has 2 N–H and O–H groups in total. The molecule has 0 aliphatic rings. The van der Waals surface area contributed by atoms with Crippen molar-refractivity contribution in [3.05, 3.63) is 77.7 Å². The molecule has 0 saturated heterocycles. The highest BCUT2D eigenvalue weighted by atomic mass is 19.1. The number of rotatable bonds is 5. The Hall–Kier alpha value is -2.62. The van der Waals surface area contributed by atoms with E-state index in [-0.39, 0.29) is 11.8 Å². The quantitative estimate of drug-likeness (QED) is 0.868. The molecule has 0 saturated carbocycles. The minimum absolute atomic E-state index is 0.247. The zero-order valence-electron chi connectivity index (χ0n) is 11.6. The Balaban J connectivity index is 1.71. The molecule has 2 aromatic rings. The predicted octanol–water partition coefficient (Wildman–Crippen LogP) is 3.34. The number of amides is 2. The number of hydrogen-bond donors (Lipinski definition) is 2. The van der Waals surface area contributed by atoms with Crippen LogP contribution in [0.4, 0.5) is 9.18 Å². The average molecular weight is 284 g/mol. The summed E-state index contributed by atoms with van der Waals surface area (Å²) in [6.45, 7) is 0.381. The maximum Gasteiger partial charge on any atom is 0.318 e. The van der Waals surface area contributed by atoms with E-state index < -0.39 is 0 Å². The first-order chi connectivity index (χ1) is 10.3. The van der Waals surface area contributed by atoms with Gasteiger partial charge in [0.1, 0.15) is 5.82 Å². The van der Waals surface area contributed by atoms with Crippen molar-refractivity contribution < 1.29 is 9.18 Å². The standard InChI is InChI=1S/C17H17FN2O/c18-16-9-5-4-8-15(16)11-13-20-17(21)19-12-10-14-6-2-1-3-7-14/h1-10,12H,11,13H2,(H2,19,20,21)/b12-10+. The predicted molar refractivity (Wildman–Crippen MR) is 82.1 cm³/mol. The molecular formula is C17H17FN2O. The molecule has 0 unspecified atom stereocenters. The van der Waals surface area contributed by atoms with Crippen molar-refractivity contribution in [3.63, 3.8) is 0 Å². The van der Waals surface area contributed by atoms with Crippen LogP contribution in [0.3, 0.4) is 0 Å². The van der Waals surface area contributed by atoms with E-state index in [9.17, 15) is 9.18 Å². The maximum absolute atomic E-state index is 13.4. The molecule has 0 bridgehead atoms. The third kappa shape index (κ3) is 5.10. The van der Waals surface area contributed by atoms with Crippen molar-refractivity contribution in [2.24, 2.45) is 0 Å². The molecule has 2 aromatic carbocycles. The molecule has 0 atom stereocenters. The number of urea groups is 1. The summed E-state index contributed by atoms with van der Waals surface area (Å²) in [7, 11) is 0. The summed E-state index contributed by atoms with van der Waals surface area (Å²) in [6.07, 6.45) is 3.84. The topological polar surface area (TPSA) is 41.1 Å². The second-order valence-corrected chi connectivity index (χ2v) is 4.49. The van der Waals surface area contributed by atoms with Crippen LogP contribution in [-0.4, -0.2) is 12.6 Å². The molecule has 108 valence electrons. The van der Waals surface area contributed by atoms with Gasteiger partial charge in [-0.15, -0.1) is 0 Å². The van der Waals surface area contributed by atoms with Crippen LogP contribution < -0.4 is 10.6 Å². The van der Waals surface area contributed by atoms with Crippen molar-refractivity contribution in [1.82, 2.24) is 10.6 Å². The second kappa shape index (κ2) is 7.85. The first-order valence-corrected chi connectivity index (χ1v) is 6.75. The van der Waals surface area contributed by atoms with Crippen LogP contribution in [0.2, 0.25) is 0 Å². The molecular weight excluding hydrogens is 267 g/mol. The van der Waals surface area contributed by atoms with Gasteiger partial charge in [0.05, 0.1) is 0 Å². The van der Waals surface area contributed by atoms with E-state index in [0.29, 0.717) is 18.5 Å². The van der Waals surface area contributed by atoms with E-state index in [1.165, 1.54) is 6.07 Å². The molecule has 2 rings (SSSR count). The van der Waals surface area contributed by atoms with Crippen molar-refractivity contribution in [1.29, 1.82) is 0 Å². The van der Waals surface area contributed by atoms with E-state index >= 15 is 0 Å². The van der Waals surface area contributed by atoms with Gasteiger partial charge in [0, 0.05) is 12.7 Å². The van der Waals surface area contributed by atoms with Gasteiger partial charge in [-0.1, -0.05) is 48.5 Å². The fourth-order valence-corrected chi connectivity index (χ4v) is 1.84. The molecule has 3 nitrogen and oxygen atoms in total. The Kier molecular flexibility index (Phi) is 5.52. The van der Waals surface area contributed by atoms with Gasteiger partial charge in [-0.05, 0) is 29.7 Å². The van der Waals surface area contributed by atoms with Gasteiger partial charge in [0.2, 0.25) is 0 Å². The van der Waals surface area contributed by atoms with Crippen LogP contribution in [0.1, 0.15) is 11.1 Å². The second-order valence-electron chi connectivity index (χ2n) is 4.49. The first-order valence-electron chi connectivity index (χ1n) is 6.75. The highest BCUT2D eigenvalue weighted by molar-refractivity contribution is 5.75. The van der Waals surface area contributed by atoms with Crippen LogP contribution in [0, 0.1) is 5.82 Å². The summed E-state index contributed by atoms with van der Waals surface area (Å²) in [6, 6.07) is 15.9. The molecule has 0 radical (unpaired) electrons. The highest BCUT2D eigenvalue weighted by Gasteiger charge is 2.01. The molecule has 4 heteroatoms. The number of carbonyl (C=O) groups is 1. The fourth-order valence-electron chi connectivity index (χ4n) is 1.84. The van der Waals surface area contributed by atoms with Gasteiger partial charge in [0.25, 0.3) is 0 Å². The van der Waals surface area contributed by atoms with Gasteiger partial charge >= 0.3 is 6.03 Å². The van der Waals surface area contributed by atoms with Crippen LogP contribution >= 0.6 is 0 Å². The number of carbonyl (C=O) groups excluding carboxylic acids is 1. The summed E-state index contributed by atoms with van der Waals surface area (Å²) in [5.74, 6) is -0.247. The lowest BCUT2D eigenvalue weighted by Gasteiger charge is -2.05. The minimum Gasteiger partial charge on any atom is -0.338 e. The molecule has 21 heavy (non-hydrogen) atoms. The number of halogens is 1. The normalized spacial score (nSPS) is 10.5. The van der Waals surface area contributed by atoms with E-state index in [0.717, 1.165) is 5.56 Å². The monoisotopic (exact) mass is 284 g/mol. The largest absolute Gasteiger partial charge is 0.338 e. The van der Waals surface area contributed by atoms with E-state index in [4.69, 9.17) is 0 Å². The summed E-state index contributed by atoms with van der Waals surface area (Å²) < 4.78 is 13.4. The summed E-state index contributed by atoms with van der Waals surface area (Å²) >= 11 is 0. The van der Waals surface area contributed by atoms with Crippen LogP contribution in [0.25, 0.3) is 6.08 Å². The van der Waals surface area contributed by atoms with Gasteiger partial charge < -0.3 is 10.6 Å². The molecule has 0 fully saturated rings. The molecule has 2 amide bonds. The Labute approximate surface area is 123 Å². The summed E-state index contributed by atoms with van der Waals surface area (Å²) in [5.41, 5.74) is 1.60. The van der Waals surface area contributed by atoms with Gasteiger partial charge in [-0.25, -0.2) is 9.18 Å². The van der Waals surface area contributed by atoms with E-state index in [2.05, 4.69) is 10.6 Å². The molecule has 0 aliphatic heterocycles. The van der Waals surface area contributed by atoms with Crippen molar-refractivity contribution in [2.75, 3.05) is 6.54 Å². The maximum atomic E-state index is 13.4. The Morgan fingerprint density at radius 2 is 1.76 bits per heavy atom.